The minimum absolute atomic E-state index is 0.0774. The Morgan fingerprint density at radius 2 is 1.95 bits per heavy atom. The average Bonchev–Trinajstić information content (AvgIpc) is 2.89. The Morgan fingerprint density at radius 1 is 1.19 bits per heavy atom. The van der Waals surface area contributed by atoms with Gasteiger partial charge in [0, 0.05) is 18.7 Å². The first-order valence-electron chi connectivity index (χ1n) is 7.10. The Morgan fingerprint density at radius 3 is 2.67 bits per heavy atom. The number of hydrogen-bond acceptors (Lipinski definition) is 2. The fourth-order valence-electron chi connectivity index (χ4n) is 3.32. The quantitative estimate of drug-likeness (QED) is 0.859. The van der Waals surface area contributed by atoms with Gasteiger partial charge in [0.25, 0.3) is 5.91 Å². The fourth-order valence-corrected chi connectivity index (χ4v) is 3.32. The van der Waals surface area contributed by atoms with Crippen LogP contribution in [0.1, 0.15) is 36.0 Å². The predicted molar refractivity (Wildman–Crippen MR) is 71.6 cm³/mol. The number of benzene rings is 1. The van der Waals surface area contributed by atoms with Gasteiger partial charge in [-0.05, 0) is 43.9 Å². The predicted octanol–water partition coefficient (Wildman–Crippen LogP) is 1.85. The van der Waals surface area contributed by atoms with E-state index in [1.807, 2.05) is 0 Å². The second-order valence-corrected chi connectivity index (χ2v) is 5.58. The zero-order valence-corrected chi connectivity index (χ0v) is 11.5. The molecule has 112 valence electrons. The number of nitrogens with zero attached hydrogens (tertiary/aromatic N) is 1. The number of piperidine rings is 1. The number of rotatable bonds is 1. The molecule has 21 heavy (non-hydrogen) atoms. The van der Waals surface area contributed by atoms with Crippen LogP contribution in [0.15, 0.2) is 18.2 Å². The standard InChI is InChI=1S/C15H16F2N2O2/c16-11-4-3-10(9-12(11)17)13(20)19-8-2-6-15(19)5-1-7-18-14(15)21/h3-4,9H,1-2,5-8H2,(H,18,21). The summed E-state index contributed by atoms with van der Waals surface area (Å²) in [7, 11) is 0. The first kappa shape index (κ1) is 14.0. The Kier molecular flexibility index (Phi) is 3.39. The van der Waals surface area contributed by atoms with Gasteiger partial charge in [-0.2, -0.15) is 0 Å². The summed E-state index contributed by atoms with van der Waals surface area (Å²) in [6.07, 6.45) is 2.79. The molecule has 2 heterocycles. The van der Waals surface area contributed by atoms with E-state index in [9.17, 15) is 18.4 Å². The van der Waals surface area contributed by atoms with E-state index in [1.165, 1.54) is 11.0 Å². The lowest BCUT2D eigenvalue weighted by Crippen LogP contribution is -2.60. The highest BCUT2D eigenvalue weighted by Gasteiger charge is 2.50. The summed E-state index contributed by atoms with van der Waals surface area (Å²) in [5.74, 6) is -2.59. The van der Waals surface area contributed by atoms with Crippen LogP contribution < -0.4 is 5.32 Å². The van der Waals surface area contributed by atoms with Gasteiger partial charge in [0.1, 0.15) is 5.54 Å². The average molecular weight is 294 g/mol. The summed E-state index contributed by atoms with van der Waals surface area (Å²) in [6.45, 7) is 1.08. The number of likely N-dealkylation sites (tertiary alicyclic amines) is 1. The molecule has 1 spiro atoms. The van der Waals surface area contributed by atoms with Gasteiger partial charge in [-0.15, -0.1) is 0 Å². The van der Waals surface area contributed by atoms with Crippen molar-refractivity contribution in [2.75, 3.05) is 13.1 Å². The summed E-state index contributed by atoms with van der Waals surface area (Å²) in [5, 5.41) is 2.80. The Labute approximate surface area is 121 Å². The first-order valence-corrected chi connectivity index (χ1v) is 7.10. The molecular formula is C15H16F2N2O2. The molecule has 0 aromatic heterocycles. The molecular weight excluding hydrogens is 278 g/mol. The molecule has 2 aliphatic heterocycles. The largest absolute Gasteiger partial charge is 0.354 e. The maximum absolute atomic E-state index is 13.3. The number of hydrogen-bond donors (Lipinski definition) is 1. The second-order valence-electron chi connectivity index (χ2n) is 5.58. The number of carbonyl (C=O) groups excluding carboxylic acids is 2. The van der Waals surface area contributed by atoms with Gasteiger partial charge in [-0.3, -0.25) is 9.59 Å². The summed E-state index contributed by atoms with van der Waals surface area (Å²) in [6, 6.07) is 3.09. The van der Waals surface area contributed by atoms with Crippen molar-refractivity contribution in [2.45, 2.75) is 31.2 Å². The Hall–Kier alpha value is -1.98. The van der Waals surface area contributed by atoms with Gasteiger partial charge >= 0.3 is 0 Å². The minimum atomic E-state index is -1.05. The highest BCUT2D eigenvalue weighted by Crippen LogP contribution is 2.36. The van der Waals surface area contributed by atoms with E-state index in [-0.39, 0.29) is 11.5 Å². The van der Waals surface area contributed by atoms with Crippen LogP contribution in [0.4, 0.5) is 8.78 Å². The molecule has 1 aromatic rings. The lowest BCUT2D eigenvalue weighted by molar-refractivity contribution is -0.133. The van der Waals surface area contributed by atoms with Gasteiger partial charge in [-0.25, -0.2) is 8.78 Å². The van der Waals surface area contributed by atoms with Crippen molar-refractivity contribution in [3.05, 3.63) is 35.4 Å². The van der Waals surface area contributed by atoms with Crippen molar-refractivity contribution >= 4 is 11.8 Å². The summed E-state index contributed by atoms with van der Waals surface area (Å²) in [5.41, 5.74) is -0.742. The topological polar surface area (TPSA) is 49.4 Å². The van der Waals surface area contributed by atoms with Crippen molar-refractivity contribution in [1.82, 2.24) is 10.2 Å². The van der Waals surface area contributed by atoms with Crippen LogP contribution in [0.25, 0.3) is 0 Å². The van der Waals surface area contributed by atoms with E-state index in [2.05, 4.69) is 5.32 Å². The van der Waals surface area contributed by atoms with Gasteiger partial charge in [0.2, 0.25) is 5.91 Å². The van der Waals surface area contributed by atoms with Crippen LogP contribution in [0.5, 0.6) is 0 Å². The van der Waals surface area contributed by atoms with Crippen LogP contribution in [0.2, 0.25) is 0 Å². The van der Waals surface area contributed by atoms with Crippen molar-refractivity contribution < 1.29 is 18.4 Å². The number of carbonyl (C=O) groups is 2. The normalized spacial score (nSPS) is 25.2. The van der Waals surface area contributed by atoms with Crippen LogP contribution in [0, 0.1) is 11.6 Å². The molecule has 2 saturated heterocycles. The van der Waals surface area contributed by atoms with Gasteiger partial charge in [0.05, 0.1) is 0 Å². The lowest BCUT2D eigenvalue weighted by atomic mass is 9.86. The van der Waals surface area contributed by atoms with Crippen LogP contribution in [-0.4, -0.2) is 35.3 Å². The molecule has 1 aromatic carbocycles. The summed E-state index contributed by atoms with van der Waals surface area (Å²) in [4.78, 5) is 26.4. The molecule has 0 saturated carbocycles. The van der Waals surface area contributed by atoms with E-state index in [0.717, 1.165) is 25.0 Å². The van der Waals surface area contributed by atoms with Gasteiger partial charge in [-0.1, -0.05) is 0 Å². The molecule has 1 unspecified atom stereocenters. The van der Waals surface area contributed by atoms with Crippen molar-refractivity contribution in [1.29, 1.82) is 0 Å². The molecule has 6 heteroatoms. The maximum atomic E-state index is 13.3. The number of amides is 2. The zero-order chi connectivity index (χ0) is 15.0. The molecule has 2 fully saturated rings. The highest BCUT2D eigenvalue weighted by molar-refractivity contribution is 6.00. The molecule has 1 N–H and O–H groups in total. The van der Waals surface area contributed by atoms with Crippen LogP contribution in [-0.2, 0) is 4.79 Å². The van der Waals surface area contributed by atoms with Crippen molar-refractivity contribution in [3.63, 3.8) is 0 Å². The smallest absolute Gasteiger partial charge is 0.254 e. The molecule has 4 nitrogen and oxygen atoms in total. The molecule has 2 amide bonds. The lowest BCUT2D eigenvalue weighted by Gasteiger charge is -2.40. The maximum Gasteiger partial charge on any atom is 0.254 e. The third-order valence-corrected chi connectivity index (χ3v) is 4.38. The molecule has 2 aliphatic rings. The van der Waals surface area contributed by atoms with E-state index in [1.54, 1.807) is 0 Å². The van der Waals surface area contributed by atoms with E-state index in [4.69, 9.17) is 0 Å². The molecule has 0 aliphatic carbocycles. The zero-order valence-electron chi connectivity index (χ0n) is 11.5. The van der Waals surface area contributed by atoms with E-state index >= 15 is 0 Å². The third-order valence-electron chi connectivity index (χ3n) is 4.38. The van der Waals surface area contributed by atoms with E-state index < -0.39 is 23.1 Å². The molecule has 0 bridgehead atoms. The first-order chi connectivity index (χ1) is 10.0. The third kappa shape index (κ3) is 2.18. The SMILES string of the molecule is O=C(c1ccc(F)c(F)c1)N1CCCC12CCCNC2=O. The Balaban J connectivity index is 1.92. The van der Waals surface area contributed by atoms with E-state index in [0.29, 0.717) is 25.9 Å². The monoisotopic (exact) mass is 294 g/mol. The highest BCUT2D eigenvalue weighted by atomic mass is 19.2. The number of halogens is 2. The molecule has 3 rings (SSSR count). The Bertz CT molecular complexity index is 605. The summed E-state index contributed by atoms with van der Waals surface area (Å²) < 4.78 is 26.3. The molecule has 1 atom stereocenters. The number of nitrogens with one attached hydrogen (secondary N) is 1. The molecule has 0 radical (unpaired) electrons. The van der Waals surface area contributed by atoms with Crippen LogP contribution >= 0.6 is 0 Å². The minimum Gasteiger partial charge on any atom is -0.354 e. The van der Waals surface area contributed by atoms with Gasteiger partial charge in [0.15, 0.2) is 11.6 Å². The fraction of sp³-hybridized carbons (Fsp3) is 0.467. The summed E-state index contributed by atoms with van der Waals surface area (Å²) >= 11 is 0. The van der Waals surface area contributed by atoms with Gasteiger partial charge < -0.3 is 10.2 Å². The van der Waals surface area contributed by atoms with Crippen molar-refractivity contribution in [3.8, 4) is 0 Å². The second kappa shape index (κ2) is 5.09. The van der Waals surface area contributed by atoms with Crippen molar-refractivity contribution in [2.24, 2.45) is 0 Å². The van der Waals surface area contributed by atoms with Crippen LogP contribution in [0.3, 0.4) is 0 Å².